The van der Waals surface area contributed by atoms with Crippen molar-refractivity contribution in [1.82, 2.24) is 4.72 Å². The lowest BCUT2D eigenvalue weighted by molar-refractivity contribution is 0.0661. The molecule has 0 aliphatic heterocycles. The fraction of sp³-hybridized carbons (Fsp3) is 0.643. The highest BCUT2D eigenvalue weighted by Crippen LogP contribution is 2.48. The van der Waals surface area contributed by atoms with Crippen molar-refractivity contribution in [1.29, 1.82) is 0 Å². The SMILES string of the molecule is Cc1oc(C(=O)O)cc1S(=O)(=O)NCC(C1CC1)C1CC1. The standard InChI is InChI=1S/C14H19NO5S/c1-8-13(6-12(20-8)14(16)17)21(18,19)15-7-11(9-2-3-9)10-4-5-10/h6,9-11,15H,2-5,7H2,1H3,(H,16,17). The van der Waals surface area contributed by atoms with Crippen LogP contribution in [-0.4, -0.2) is 26.0 Å². The van der Waals surface area contributed by atoms with Crippen LogP contribution in [-0.2, 0) is 10.0 Å². The minimum absolute atomic E-state index is 0.0785. The summed E-state index contributed by atoms with van der Waals surface area (Å²) >= 11 is 0. The second kappa shape index (κ2) is 5.14. The second-order valence-electron chi connectivity index (χ2n) is 6.03. The Morgan fingerprint density at radius 2 is 1.95 bits per heavy atom. The second-order valence-corrected chi connectivity index (χ2v) is 7.76. The molecule has 2 N–H and O–H groups in total. The van der Waals surface area contributed by atoms with E-state index in [2.05, 4.69) is 4.72 Å². The summed E-state index contributed by atoms with van der Waals surface area (Å²) in [6.07, 6.45) is 4.77. The number of hydrogen-bond donors (Lipinski definition) is 2. The van der Waals surface area contributed by atoms with Crippen molar-refractivity contribution in [3.05, 3.63) is 17.6 Å². The van der Waals surface area contributed by atoms with E-state index in [4.69, 9.17) is 9.52 Å². The van der Waals surface area contributed by atoms with Crippen LogP contribution < -0.4 is 4.72 Å². The van der Waals surface area contributed by atoms with Gasteiger partial charge in [-0.05, 0) is 50.4 Å². The molecule has 1 aromatic heterocycles. The van der Waals surface area contributed by atoms with Crippen molar-refractivity contribution in [3.63, 3.8) is 0 Å². The summed E-state index contributed by atoms with van der Waals surface area (Å²) in [5.41, 5.74) is 0. The van der Waals surface area contributed by atoms with Crippen LogP contribution in [0.3, 0.4) is 0 Å². The number of sulfonamides is 1. The normalized spacial score (nSPS) is 19.1. The van der Waals surface area contributed by atoms with Crippen molar-refractivity contribution in [2.24, 2.45) is 17.8 Å². The van der Waals surface area contributed by atoms with Gasteiger partial charge < -0.3 is 9.52 Å². The maximum atomic E-state index is 12.3. The van der Waals surface area contributed by atoms with Gasteiger partial charge in [-0.2, -0.15) is 0 Å². The van der Waals surface area contributed by atoms with E-state index in [1.54, 1.807) is 0 Å². The zero-order valence-corrected chi connectivity index (χ0v) is 12.6. The molecule has 6 nitrogen and oxygen atoms in total. The first-order valence-electron chi connectivity index (χ1n) is 7.22. The number of nitrogens with one attached hydrogen (secondary N) is 1. The zero-order valence-electron chi connectivity index (χ0n) is 11.8. The first-order chi connectivity index (χ1) is 9.88. The molecule has 0 radical (unpaired) electrons. The van der Waals surface area contributed by atoms with Gasteiger partial charge in [-0.3, -0.25) is 0 Å². The minimum atomic E-state index is -3.72. The molecule has 2 saturated carbocycles. The molecule has 1 heterocycles. The van der Waals surface area contributed by atoms with E-state index in [9.17, 15) is 13.2 Å². The molecule has 3 rings (SSSR count). The van der Waals surface area contributed by atoms with Crippen molar-refractivity contribution in [3.8, 4) is 0 Å². The number of hydrogen-bond acceptors (Lipinski definition) is 4. The topological polar surface area (TPSA) is 96.6 Å². The maximum absolute atomic E-state index is 12.3. The molecule has 0 atom stereocenters. The maximum Gasteiger partial charge on any atom is 0.371 e. The largest absolute Gasteiger partial charge is 0.475 e. The first-order valence-corrected chi connectivity index (χ1v) is 8.70. The average Bonchev–Trinajstić information content (AvgIpc) is 3.29. The van der Waals surface area contributed by atoms with Crippen LogP contribution >= 0.6 is 0 Å². The smallest absolute Gasteiger partial charge is 0.371 e. The highest BCUT2D eigenvalue weighted by atomic mass is 32.2. The summed E-state index contributed by atoms with van der Waals surface area (Å²) < 4.78 is 32.2. The van der Waals surface area contributed by atoms with E-state index in [-0.39, 0.29) is 16.4 Å². The van der Waals surface area contributed by atoms with Gasteiger partial charge in [0, 0.05) is 12.6 Å². The Bertz CT molecular complexity index is 643. The number of carboxylic acid groups (broad SMARTS) is 1. The molecular weight excluding hydrogens is 294 g/mol. The Hall–Kier alpha value is -1.34. The van der Waals surface area contributed by atoms with Gasteiger partial charge in [-0.1, -0.05) is 0 Å². The number of aromatic carboxylic acids is 1. The molecule has 7 heteroatoms. The molecule has 0 aromatic carbocycles. The third-order valence-electron chi connectivity index (χ3n) is 4.34. The Balaban J connectivity index is 1.72. The molecule has 1 aromatic rings. The van der Waals surface area contributed by atoms with Crippen molar-refractivity contribution in [2.75, 3.05) is 6.54 Å². The molecule has 0 spiro atoms. The van der Waals surface area contributed by atoms with E-state index in [0.29, 0.717) is 24.3 Å². The van der Waals surface area contributed by atoms with Crippen LogP contribution in [0.1, 0.15) is 42.0 Å². The van der Waals surface area contributed by atoms with E-state index < -0.39 is 16.0 Å². The van der Waals surface area contributed by atoms with Gasteiger partial charge in [0.1, 0.15) is 10.7 Å². The van der Waals surface area contributed by atoms with Crippen LogP contribution in [0.5, 0.6) is 0 Å². The van der Waals surface area contributed by atoms with Gasteiger partial charge in [-0.25, -0.2) is 17.9 Å². The van der Waals surface area contributed by atoms with Crippen LogP contribution in [0.25, 0.3) is 0 Å². The first kappa shape index (κ1) is 14.6. The number of aryl methyl sites for hydroxylation is 1. The van der Waals surface area contributed by atoms with Gasteiger partial charge >= 0.3 is 5.97 Å². The van der Waals surface area contributed by atoms with Gasteiger partial charge in [0.05, 0.1) is 0 Å². The van der Waals surface area contributed by atoms with E-state index in [0.717, 1.165) is 6.07 Å². The lowest BCUT2D eigenvalue weighted by Gasteiger charge is -2.16. The zero-order chi connectivity index (χ0) is 15.2. The van der Waals surface area contributed by atoms with E-state index >= 15 is 0 Å². The van der Waals surface area contributed by atoms with Crippen molar-refractivity contribution >= 4 is 16.0 Å². The minimum Gasteiger partial charge on any atom is -0.475 e. The van der Waals surface area contributed by atoms with Crippen LogP contribution in [0.15, 0.2) is 15.4 Å². The number of carbonyl (C=O) groups is 1. The number of carboxylic acids is 1. The Kier molecular flexibility index (Phi) is 3.57. The lowest BCUT2D eigenvalue weighted by atomic mass is 9.99. The predicted octanol–water partition coefficient (Wildman–Crippen LogP) is 2.00. The highest BCUT2D eigenvalue weighted by Gasteiger charge is 2.41. The molecule has 21 heavy (non-hydrogen) atoms. The van der Waals surface area contributed by atoms with Crippen molar-refractivity contribution < 1.29 is 22.7 Å². The van der Waals surface area contributed by atoms with Gasteiger partial charge in [0.15, 0.2) is 0 Å². The lowest BCUT2D eigenvalue weighted by Crippen LogP contribution is -2.31. The molecule has 0 bridgehead atoms. The summed E-state index contributed by atoms with van der Waals surface area (Å²) in [4.78, 5) is 10.8. The Labute approximate surface area is 123 Å². The van der Waals surface area contributed by atoms with E-state index in [1.807, 2.05) is 0 Å². The molecular formula is C14H19NO5S. The molecule has 2 aliphatic rings. The quantitative estimate of drug-likeness (QED) is 0.802. The highest BCUT2D eigenvalue weighted by molar-refractivity contribution is 7.89. The number of rotatable bonds is 7. The van der Waals surface area contributed by atoms with Gasteiger partial charge in [0.2, 0.25) is 15.8 Å². The molecule has 2 fully saturated rings. The number of furan rings is 1. The third-order valence-corrected chi connectivity index (χ3v) is 5.87. The molecule has 116 valence electrons. The molecule has 0 unspecified atom stereocenters. The van der Waals surface area contributed by atoms with Crippen LogP contribution in [0.4, 0.5) is 0 Å². The Morgan fingerprint density at radius 1 is 1.38 bits per heavy atom. The van der Waals surface area contributed by atoms with Gasteiger partial charge in [-0.15, -0.1) is 0 Å². The summed E-state index contributed by atoms with van der Waals surface area (Å²) in [6.45, 7) is 1.89. The van der Waals surface area contributed by atoms with Gasteiger partial charge in [0.25, 0.3) is 0 Å². The molecule has 0 amide bonds. The average molecular weight is 313 g/mol. The fourth-order valence-electron chi connectivity index (χ4n) is 2.89. The molecule has 2 aliphatic carbocycles. The monoisotopic (exact) mass is 313 g/mol. The Morgan fingerprint density at radius 3 is 2.38 bits per heavy atom. The molecule has 0 saturated heterocycles. The fourth-order valence-corrected chi connectivity index (χ4v) is 4.14. The summed E-state index contributed by atoms with van der Waals surface area (Å²) in [7, 11) is -3.72. The predicted molar refractivity (Wildman–Crippen MR) is 74.5 cm³/mol. The van der Waals surface area contributed by atoms with Crippen LogP contribution in [0, 0.1) is 24.7 Å². The van der Waals surface area contributed by atoms with E-state index in [1.165, 1.54) is 32.6 Å². The van der Waals surface area contributed by atoms with Crippen LogP contribution in [0.2, 0.25) is 0 Å². The third kappa shape index (κ3) is 3.13. The summed E-state index contributed by atoms with van der Waals surface area (Å²) in [6, 6.07) is 1.07. The summed E-state index contributed by atoms with van der Waals surface area (Å²) in [5, 5.41) is 8.86. The summed E-state index contributed by atoms with van der Waals surface area (Å²) in [5.74, 6) is 0.211. The van der Waals surface area contributed by atoms with Crippen molar-refractivity contribution in [2.45, 2.75) is 37.5 Å².